The van der Waals surface area contributed by atoms with E-state index in [1.807, 2.05) is 26.0 Å². The molecule has 0 radical (unpaired) electrons. The van der Waals surface area contributed by atoms with Gasteiger partial charge in [0.05, 0.1) is 10.6 Å². The van der Waals surface area contributed by atoms with Crippen molar-refractivity contribution in [2.45, 2.75) is 38.2 Å². The monoisotopic (exact) mass is 422 g/mol. The van der Waals surface area contributed by atoms with Crippen molar-refractivity contribution in [2.75, 3.05) is 5.75 Å². The van der Waals surface area contributed by atoms with Crippen molar-refractivity contribution >= 4 is 21.7 Å². The molecule has 0 aliphatic carbocycles. The zero-order chi connectivity index (χ0) is 21.6. The number of amides is 2. The SMILES string of the molecule is Cc1cccc(O[C@@H](C)C(=O)NNC(=O)CCS(=O)(=O)c2ccc(F)cc2)c1C. The van der Waals surface area contributed by atoms with Crippen LogP contribution in [0.1, 0.15) is 24.5 Å². The predicted octanol–water partition coefficient (Wildman–Crippen LogP) is 2.22. The van der Waals surface area contributed by atoms with Gasteiger partial charge in [-0.05, 0) is 62.2 Å². The van der Waals surface area contributed by atoms with Crippen LogP contribution in [0.2, 0.25) is 0 Å². The molecule has 0 aliphatic heterocycles. The first kappa shape index (κ1) is 22.4. The molecular weight excluding hydrogens is 399 g/mol. The van der Waals surface area contributed by atoms with Gasteiger partial charge in [0.25, 0.3) is 5.91 Å². The van der Waals surface area contributed by atoms with Gasteiger partial charge in [-0.25, -0.2) is 12.8 Å². The first-order chi connectivity index (χ1) is 13.6. The molecule has 29 heavy (non-hydrogen) atoms. The van der Waals surface area contributed by atoms with Gasteiger partial charge in [-0.2, -0.15) is 0 Å². The van der Waals surface area contributed by atoms with Crippen LogP contribution in [0.25, 0.3) is 0 Å². The first-order valence-electron chi connectivity index (χ1n) is 8.90. The number of hydrazine groups is 1. The highest BCUT2D eigenvalue weighted by Gasteiger charge is 2.19. The normalized spacial score (nSPS) is 12.1. The summed E-state index contributed by atoms with van der Waals surface area (Å²) in [5.74, 6) is -1.73. The molecule has 7 nitrogen and oxygen atoms in total. The lowest BCUT2D eigenvalue weighted by molar-refractivity contribution is -0.132. The number of halogens is 1. The maximum Gasteiger partial charge on any atom is 0.279 e. The summed E-state index contributed by atoms with van der Waals surface area (Å²) in [6.07, 6.45) is -1.24. The summed E-state index contributed by atoms with van der Waals surface area (Å²) in [5.41, 5.74) is 6.30. The van der Waals surface area contributed by atoms with Crippen molar-refractivity contribution in [2.24, 2.45) is 0 Å². The molecule has 0 bridgehead atoms. The van der Waals surface area contributed by atoms with E-state index in [0.717, 1.165) is 35.4 Å². The molecule has 9 heteroatoms. The van der Waals surface area contributed by atoms with Crippen LogP contribution in [-0.2, 0) is 19.4 Å². The summed E-state index contributed by atoms with van der Waals surface area (Å²) in [7, 11) is -3.74. The Hall–Kier alpha value is -2.94. The molecule has 2 N–H and O–H groups in total. The van der Waals surface area contributed by atoms with E-state index in [-0.39, 0.29) is 11.3 Å². The Morgan fingerprint density at radius 1 is 1.07 bits per heavy atom. The molecule has 1 atom stereocenters. The molecule has 2 aromatic carbocycles. The van der Waals surface area contributed by atoms with E-state index in [4.69, 9.17) is 4.74 Å². The van der Waals surface area contributed by atoms with Crippen LogP contribution < -0.4 is 15.6 Å². The zero-order valence-electron chi connectivity index (χ0n) is 16.4. The predicted molar refractivity (Wildman–Crippen MR) is 105 cm³/mol. The number of carbonyl (C=O) groups excluding carboxylic acids is 2. The van der Waals surface area contributed by atoms with Gasteiger partial charge in [-0.1, -0.05) is 12.1 Å². The first-order valence-corrected chi connectivity index (χ1v) is 10.6. The van der Waals surface area contributed by atoms with E-state index in [9.17, 15) is 22.4 Å². The number of nitrogens with one attached hydrogen (secondary N) is 2. The number of hydrogen-bond donors (Lipinski definition) is 2. The van der Waals surface area contributed by atoms with Crippen LogP contribution in [0, 0.1) is 19.7 Å². The summed E-state index contributed by atoms with van der Waals surface area (Å²) in [5, 5.41) is 0. The molecule has 0 saturated heterocycles. The van der Waals surface area contributed by atoms with Gasteiger partial charge < -0.3 is 4.74 Å². The highest BCUT2D eigenvalue weighted by Crippen LogP contribution is 2.21. The lowest BCUT2D eigenvalue weighted by Crippen LogP contribution is -2.47. The summed E-state index contributed by atoms with van der Waals surface area (Å²) < 4.78 is 42.8. The molecule has 156 valence electrons. The van der Waals surface area contributed by atoms with E-state index in [0.29, 0.717) is 5.75 Å². The van der Waals surface area contributed by atoms with Crippen LogP contribution in [0.4, 0.5) is 4.39 Å². The van der Waals surface area contributed by atoms with Crippen LogP contribution in [0.5, 0.6) is 5.75 Å². The Morgan fingerprint density at radius 3 is 2.38 bits per heavy atom. The van der Waals surface area contributed by atoms with E-state index < -0.39 is 39.3 Å². The van der Waals surface area contributed by atoms with E-state index >= 15 is 0 Å². The van der Waals surface area contributed by atoms with Crippen LogP contribution in [0.3, 0.4) is 0 Å². The quantitative estimate of drug-likeness (QED) is 0.526. The minimum absolute atomic E-state index is 0.0775. The minimum atomic E-state index is -3.74. The number of hydrogen-bond acceptors (Lipinski definition) is 5. The third kappa shape index (κ3) is 6.28. The molecule has 0 saturated carbocycles. The maximum absolute atomic E-state index is 12.9. The van der Waals surface area contributed by atoms with Crippen LogP contribution in [-0.4, -0.2) is 32.1 Å². The van der Waals surface area contributed by atoms with Crippen molar-refractivity contribution in [3.8, 4) is 5.75 Å². The van der Waals surface area contributed by atoms with E-state index in [1.165, 1.54) is 6.92 Å². The molecule has 0 aromatic heterocycles. The van der Waals surface area contributed by atoms with Gasteiger partial charge in [0, 0.05) is 6.42 Å². The lowest BCUT2D eigenvalue weighted by atomic mass is 10.1. The van der Waals surface area contributed by atoms with Gasteiger partial charge in [0.2, 0.25) is 5.91 Å². The average Bonchev–Trinajstić information content (AvgIpc) is 2.68. The van der Waals surface area contributed by atoms with Gasteiger partial charge >= 0.3 is 0 Å². The summed E-state index contributed by atoms with van der Waals surface area (Å²) in [6, 6.07) is 9.81. The summed E-state index contributed by atoms with van der Waals surface area (Å²) in [6.45, 7) is 5.33. The molecular formula is C20H23FN2O5S. The number of sulfone groups is 1. The minimum Gasteiger partial charge on any atom is -0.481 e. The Bertz CT molecular complexity index is 990. The summed E-state index contributed by atoms with van der Waals surface area (Å²) in [4.78, 5) is 23.9. The molecule has 0 unspecified atom stereocenters. The molecule has 2 amide bonds. The molecule has 0 spiro atoms. The van der Waals surface area contributed by atoms with E-state index in [2.05, 4.69) is 10.9 Å². The molecule has 2 aromatic rings. The third-order valence-corrected chi connectivity index (χ3v) is 6.06. The van der Waals surface area contributed by atoms with Crippen molar-refractivity contribution in [1.29, 1.82) is 0 Å². The van der Waals surface area contributed by atoms with Crippen LogP contribution >= 0.6 is 0 Å². The third-order valence-electron chi connectivity index (χ3n) is 4.32. The standard InChI is InChI=1S/C20H23FN2O5S/c1-13-5-4-6-18(14(13)2)28-15(3)20(25)23-22-19(24)11-12-29(26,27)17-9-7-16(21)8-10-17/h4-10,15H,11-12H2,1-3H3,(H,22,24)(H,23,25)/t15-/m0/s1. The smallest absolute Gasteiger partial charge is 0.279 e. The summed E-state index contributed by atoms with van der Waals surface area (Å²) >= 11 is 0. The van der Waals surface area contributed by atoms with E-state index in [1.54, 1.807) is 6.07 Å². The second kappa shape index (κ2) is 9.51. The second-order valence-corrected chi connectivity index (χ2v) is 8.63. The number of carbonyl (C=O) groups is 2. The maximum atomic E-state index is 12.9. The molecule has 2 rings (SSSR count). The van der Waals surface area contributed by atoms with Crippen molar-refractivity contribution in [3.05, 3.63) is 59.4 Å². The number of ether oxygens (including phenoxy) is 1. The zero-order valence-corrected chi connectivity index (χ0v) is 17.2. The van der Waals surface area contributed by atoms with Gasteiger partial charge in [-0.15, -0.1) is 0 Å². The highest BCUT2D eigenvalue weighted by molar-refractivity contribution is 7.91. The Balaban J connectivity index is 1.82. The Morgan fingerprint density at radius 2 is 1.72 bits per heavy atom. The van der Waals surface area contributed by atoms with Gasteiger partial charge in [-0.3, -0.25) is 20.4 Å². The fraction of sp³-hybridized carbons (Fsp3) is 0.300. The lowest BCUT2D eigenvalue weighted by Gasteiger charge is -2.17. The molecule has 0 aliphatic rings. The number of aryl methyl sites for hydroxylation is 1. The topological polar surface area (TPSA) is 102 Å². The number of benzene rings is 2. The number of rotatable bonds is 7. The second-order valence-electron chi connectivity index (χ2n) is 6.52. The average molecular weight is 422 g/mol. The fourth-order valence-corrected chi connectivity index (χ4v) is 3.62. The Labute approximate surface area is 169 Å². The molecule has 0 heterocycles. The van der Waals surface area contributed by atoms with Gasteiger partial charge in [0.1, 0.15) is 11.6 Å². The molecule has 0 fully saturated rings. The van der Waals surface area contributed by atoms with Crippen molar-refractivity contribution < 1.29 is 27.1 Å². The Kier molecular flexibility index (Phi) is 7.33. The highest BCUT2D eigenvalue weighted by atomic mass is 32.2. The van der Waals surface area contributed by atoms with Gasteiger partial charge in [0.15, 0.2) is 15.9 Å². The van der Waals surface area contributed by atoms with Crippen LogP contribution in [0.15, 0.2) is 47.4 Å². The largest absolute Gasteiger partial charge is 0.481 e. The fourth-order valence-electron chi connectivity index (χ4n) is 2.38. The van der Waals surface area contributed by atoms with Crippen molar-refractivity contribution in [1.82, 2.24) is 10.9 Å². The van der Waals surface area contributed by atoms with Crippen molar-refractivity contribution in [3.63, 3.8) is 0 Å².